The molecule has 11 heteroatoms. The van der Waals surface area contributed by atoms with Gasteiger partial charge in [0.15, 0.2) is 11.5 Å². The van der Waals surface area contributed by atoms with Crippen molar-refractivity contribution in [1.82, 2.24) is 9.80 Å². The van der Waals surface area contributed by atoms with E-state index in [4.69, 9.17) is 9.47 Å². The molecule has 0 spiro atoms. The van der Waals surface area contributed by atoms with E-state index >= 15 is 0 Å². The number of urea groups is 1. The van der Waals surface area contributed by atoms with Crippen LogP contribution in [0.15, 0.2) is 60.0 Å². The number of para-hydroxylation sites is 1. The molecule has 1 aliphatic rings. The van der Waals surface area contributed by atoms with Crippen molar-refractivity contribution in [3.63, 3.8) is 0 Å². The van der Waals surface area contributed by atoms with E-state index in [0.717, 1.165) is 16.5 Å². The van der Waals surface area contributed by atoms with E-state index in [1.807, 2.05) is 43.5 Å². The van der Waals surface area contributed by atoms with Crippen molar-refractivity contribution in [2.45, 2.75) is 33.1 Å². The van der Waals surface area contributed by atoms with Crippen molar-refractivity contribution in [3.05, 3.63) is 76.0 Å². The molecule has 38 heavy (non-hydrogen) atoms. The summed E-state index contributed by atoms with van der Waals surface area (Å²) in [7, 11) is 0. The molecule has 0 saturated carbocycles. The fourth-order valence-electron chi connectivity index (χ4n) is 4.04. The molecular weight excluding hydrogens is 519 g/mol. The van der Waals surface area contributed by atoms with Crippen molar-refractivity contribution >= 4 is 29.0 Å². The maximum atomic E-state index is 13.6. The van der Waals surface area contributed by atoms with Gasteiger partial charge in [0.05, 0.1) is 17.8 Å². The number of thiophene rings is 1. The van der Waals surface area contributed by atoms with E-state index in [9.17, 15) is 22.8 Å². The summed E-state index contributed by atoms with van der Waals surface area (Å²) < 4.78 is 51.2. The lowest BCUT2D eigenvalue weighted by Crippen LogP contribution is -2.45. The van der Waals surface area contributed by atoms with E-state index < -0.39 is 17.8 Å². The Morgan fingerprint density at radius 3 is 2.47 bits per heavy atom. The highest BCUT2D eigenvalue weighted by Crippen LogP contribution is 2.35. The predicted octanol–water partition coefficient (Wildman–Crippen LogP) is 6.21. The average molecular weight is 548 g/mol. The van der Waals surface area contributed by atoms with Crippen LogP contribution in [0, 0.1) is 5.92 Å². The lowest BCUT2D eigenvalue weighted by Gasteiger charge is -2.29. The van der Waals surface area contributed by atoms with Crippen LogP contribution in [0.2, 0.25) is 0 Å². The zero-order valence-corrected chi connectivity index (χ0v) is 21.8. The van der Waals surface area contributed by atoms with E-state index in [-0.39, 0.29) is 43.9 Å². The molecule has 202 valence electrons. The van der Waals surface area contributed by atoms with Gasteiger partial charge in [-0.15, -0.1) is 11.3 Å². The highest BCUT2D eigenvalue weighted by Gasteiger charge is 2.34. The zero-order valence-electron chi connectivity index (χ0n) is 21.0. The number of benzene rings is 2. The summed E-state index contributed by atoms with van der Waals surface area (Å²) >= 11 is 1.50. The van der Waals surface area contributed by atoms with Crippen molar-refractivity contribution < 1.29 is 32.2 Å². The SMILES string of the molecule is CC(C)CN(CC(=O)N(Cc1ccc2c(c1)OCO2)Cc1cccs1)C(=O)Nc1ccccc1C(F)(F)F. The number of rotatable bonds is 9. The number of ether oxygens (including phenoxy) is 2. The van der Waals surface area contributed by atoms with Crippen LogP contribution >= 0.6 is 11.3 Å². The zero-order chi connectivity index (χ0) is 27.3. The Hall–Kier alpha value is -3.73. The van der Waals surface area contributed by atoms with Crippen LogP contribution in [0.1, 0.15) is 29.9 Å². The highest BCUT2D eigenvalue weighted by molar-refractivity contribution is 7.09. The molecule has 4 rings (SSSR count). The summed E-state index contributed by atoms with van der Waals surface area (Å²) in [5, 5.41) is 4.27. The lowest BCUT2D eigenvalue weighted by atomic mass is 10.1. The molecule has 0 atom stereocenters. The first kappa shape index (κ1) is 27.3. The quantitative estimate of drug-likeness (QED) is 0.346. The fourth-order valence-corrected chi connectivity index (χ4v) is 4.76. The van der Waals surface area contributed by atoms with Gasteiger partial charge in [-0.3, -0.25) is 4.79 Å². The van der Waals surface area contributed by atoms with E-state index in [1.165, 1.54) is 34.4 Å². The number of nitrogens with one attached hydrogen (secondary N) is 1. The molecule has 0 fully saturated rings. The van der Waals surface area contributed by atoms with Crippen LogP contribution in [0.5, 0.6) is 11.5 Å². The second kappa shape index (κ2) is 11.8. The molecule has 3 aromatic rings. The summed E-state index contributed by atoms with van der Waals surface area (Å²) in [5.74, 6) is 0.862. The first-order valence-corrected chi connectivity index (χ1v) is 12.9. The van der Waals surface area contributed by atoms with Gasteiger partial charge in [0.25, 0.3) is 0 Å². The summed E-state index contributed by atoms with van der Waals surface area (Å²) in [6.07, 6.45) is -4.63. The van der Waals surface area contributed by atoms with Crippen LogP contribution < -0.4 is 14.8 Å². The van der Waals surface area contributed by atoms with Gasteiger partial charge in [-0.1, -0.05) is 38.1 Å². The van der Waals surface area contributed by atoms with E-state index in [0.29, 0.717) is 18.0 Å². The molecule has 0 saturated heterocycles. The minimum absolute atomic E-state index is 0.0222. The number of halogens is 3. The van der Waals surface area contributed by atoms with Crippen LogP contribution in [0.4, 0.5) is 23.7 Å². The topological polar surface area (TPSA) is 71.1 Å². The lowest BCUT2D eigenvalue weighted by molar-refractivity contribution is -0.137. The van der Waals surface area contributed by atoms with Crippen molar-refractivity contribution in [2.24, 2.45) is 5.92 Å². The Labute approximate surface area is 222 Å². The Balaban J connectivity index is 1.53. The van der Waals surface area contributed by atoms with Crippen molar-refractivity contribution in [1.29, 1.82) is 0 Å². The van der Waals surface area contributed by atoms with Gasteiger partial charge in [-0.2, -0.15) is 13.2 Å². The molecule has 0 bridgehead atoms. The molecule has 3 amide bonds. The van der Waals surface area contributed by atoms with Gasteiger partial charge >= 0.3 is 12.2 Å². The number of hydrogen-bond acceptors (Lipinski definition) is 5. The van der Waals surface area contributed by atoms with Crippen molar-refractivity contribution in [2.75, 3.05) is 25.2 Å². The summed E-state index contributed by atoms with van der Waals surface area (Å²) in [5.41, 5.74) is -0.494. The summed E-state index contributed by atoms with van der Waals surface area (Å²) in [4.78, 5) is 30.5. The second-order valence-electron chi connectivity index (χ2n) is 9.26. The first-order chi connectivity index (χ1) is 18.1. The molecule has 2 aromatic carbocycles. The molecule has 0 radical (unpaired) electrons. The minimum atomic E-state index is -4.63. The van der Waals surface area contributed by atoms with Gasteiger partial charge in [0.2, 0.25) is 12.7 Å². The molecule has 7 nitrogen and oxygen atoms in total. The molecule has 0 unspecified atom stereocenters. The fraction of sp³-hybridized carbons (Fsp3) is 0.333. The number of nitrogens with zero attached hydrogens (tertiary/aromatic N) is 2. The third-order valence-corrected chi connectivity index (χ3v) is 6.62. The molecule has 1 N–H and O–H groups in total. The normalized spacial score (nSPS) is 12.5. The monoisotopic (exact) mass is 547 g/mol. The van der Waals surface area contributed by atoms with E-state index in [1.54, 1.807) is 11.0 Å². The number of anilines is 1. The van der Waals surface area contributed by atoms with Crippen LogP contribution in [0.25, 0.3) is 0 Å². The summed E-state index contributed by atoms with van der Waals surface area (Å²) in [6.45, 7) is 4.32. The Morgan fingerprint density at radius 2 is 1.76 bits per heavy atom. The van der Waals surface area contributed by atoms with Crippen LogP contribution in [-0.4, -0.2) is 41.6 Å². The van der Waals surface area contributed by atoms with E-state index in [2.05, 4.69) is 5.32 Å². The Morgan fingerprint density at radius 1 is 1.00 bits per heavy atom. The standard InChI is InChI=1S/C27H28F3N3O4S/c1-18(2)13-33(26(35)31-22-8-4-3-7-21(22)27(28,29)30)16-25(34)32(15-20-6-5-11-38-20)14-19-9-10-23-24(12-19)37-17-36-23/h3-12,18H,13-17H2,1-2H3,(H,31,35). The molecular formula is C27H28F3N3O4S. The maximum Gasteiger partial charge on any atom is 0.418 e. The largest absolute Gasteiger partial charge is 0.454 e. The number of carbonyl (C=O) groups excluding carboxylic acids is 2. The number of carbonyl (C=O) groups is 2. The van der Waals surface area contributed by atoms with Gasteiger partial charge in [0, 0.05) is 18.0 Å². The average Bonchev–Trinajstić information content (AvgIpc) is 3.54. The smallest absolute Gasteiger partial charge is 0.418 e. The molecule has 1 aromatic heterocycles. The third kappa shape index (κ3) is 6.97. The minimum Gasteiger partial charge on any atom is -0.454 e. The van der Waals surface area contributed by atoms with Gasteiger partial charge in [0.1, 0.15) is 6.54 Å². The Bertz CT molecular complexity index is 1260. The number of amides is 3. The summed E-state index contributed by atoms with van der Waals surface area (Å²) in [6, 6.07) is 13.2. The number of alkyl halides is 3. The Kier molecular flexibility index (Phi) is 8.45. The predicted molar refractivity (Wildman–Crippen MR) is 138 cm³/mol. The van der Waals surface area contributed by atoms with Crippen LogP contribution in [0.3, 0.4) is 0 Å². The third-order valence-electron chi connectivity index (χ3n) is 5.76. The maximum absolute atomic E-state index is 13.6. The van der Waals surface area contributed by atoms with Gasteiger partial charge < -0.3 is 24.6 Å². The molecule has 1 aliphatic heterocycles. The van der Waals surface area contributed by atoms with Gasteiger partial charge in [-0.25, -0.2) is 4.79 Å². The van der Waals surface area contributed by atoms with Gasteiger partial charge in [-0.05, 0) is 47.2 Å². The van der Waals surface area contributed by atoms with Crippen molar-refractivity contribution in [3.8, 4) is 11.5 Å². The highest BCUT2D eigenvalue weighted by atomic mass is 32.1. The first-order valence-electron chi connectivity index (χ1n) is 12.0. The molecule has 0 aliphatic carbocycles. The molecule has 2 heterocycles. The van der Waals surface area contributed by atoms with Crippen LogP contribution in [-0.2, 0) is 24.1 Å². The number of fused-ring (bicyclic) bond motifs is 1. The number of hydrogen-bond donors (Lipinski definition) is 1. The second-order valence-corrected chi connectivity index (χ2v) is 10.3.